The molecule has 1 aromatic rings. The second-order valence-electron chi connectivity index (χ2n) is 6.98. The first-order valence-electron chi connectivity index (χ1n) is 9.34. The van der Waals surface area contributed by atoms with Crippen LogP contribution in [0.1, 0.15) is 58.4 Å². The highest BCUT2D eigenvalue weighted by Crippen LogP contribution is 2.44. The normalized spacial score (nSPS) is 19.1. The van der Waals surface area contributed by atoms with E-state index in [0.29, 0.717) is 11.6 Å². The number of carbonyl (C=O) groups is 1. The molecule has 1 aromatic carbocycles. The van der Waals surface area contributed by atoms with Gasteiger partial charge in [0.05, 0.1) is 6.10 Å². The van der Waals surface area contributed by atoms with Gasteiger partial charge < -0.3 is 10.0 Å². The van der Waals surface area contributed by atoms with E-state index < -0.39 is 6.10 Å². The van der Waals surface area contributed by atoms with Gasteiger partial charge in [0.2, 0.25) is 5.91 Å². The molecule has 0 aliphatic heterocycles. The van der Waals surface area contributed by atoms with Gasteiger partial charge in [-0.25, -0.2) is 0 Å². The standard InChI is InChI=1S/C21H30ClNO2/c1-4-19(23(5-2)16(3)24)12-13-20(25)21(14-6-7-15-21)17-8-10-18(22)11-9-17/h8-13,19-20,25H,4-7,14-15H2,1-3H3/b13-12+. The van der Waals surface area contributed by atoms with Gasteiger partial charge in [0.25, 0.3) is 0 Å². The molecule has 1 aliphatic rings. The molecule has 1 aliphatic carbocycles. The minimum absolute atomic E-state index is 0.0285. The minimum atomic E-state index is -0.559. The van der Waals surface area contributed by atoms with E-state index in [1.807, 2.05) is 48.2 Å². The second kappa shape index (κ2) is 8.86. The van der Waals surface area contributed by atoms with E-state index >= 15 is 0 Å². The number of halogens is 1. The molecule has 1 N–H and O–H groups in total. The Kier molecular flexibility index (Phi) is 7.09. The molecular formula is C21H30ClNO2. The van der Waals surface area contributed by atoms with Gasteiger partial charge in [-0.3, -0.25) is 4.79 Å². The molecule has 0 radical (unpaired) electrons. The number of nitrogens with zero attached hydrogens (tertiary/aromatic N) is 1. The molecule has 2 unspecified atom stereocenters. The molecule has 1 amide bonds. The molecule has 138 valence electrons. The van der Waals surface area contributed by atoms with E-state index in [9.17, 15) is 9.90 Å². The molecule has 2 rings (SSSR count). The SMILES string of the molecule is CCC(/C=C/C(O)C1(c2ccc(Cl)cc2)CCCC1)N(CC)C(C)=O. The van der Waals surface area contributed by atoms with Gasteiger partial charge in [0.1, 0.15) is 0 Å². The Labute approximate surface area is 156 Å². The van der Waals surface area contributed by atoms with E-state index in [1.165, 1.54) is 0 Å². The van der Waals surface area contributed by atoms with Gasteiger partial charge in [-0.05, 0) is 43.9 Å². The maximum atomic E-state index is 11.8. The summed E-state index contributed by atoms with van der Waals surface area (Å²) >= 11 is 6.03. The highest BCUT2D eigenvalue weighted by Gasteiger charge is 2.41. The summed E-state index contributed by atoms with van der Waals surface area (Å²) in [6.45, 7) is 6.33. The van der Waals surface area contributed by atoms with Crippen LogP contribution in [0.25, 0.3) is 0 Å². The summed E-state index contributed by atoms with van der Waals surface area (Å²) in [7, 11) is 0. The molecule has 0 saturated heterocycles. The minimum Gasteiger partial charge on any atom is -0.388 e. The Hall–Kier alpha value is -1.32. The van der Waals surface area contributed by atoms with Crippen LogP contribution in [0.3, 0.4) is 0 Å². The lowest BCUT2D eigenvalue weighted by Gasteiger charge is -2.34. The van der Waals surface area contributed by atoms with Crippen molar-refractivity contribution in [1.29, 1.82) is 0 Å². The average Bonchev–Trinajstić information content (AvgIpc) is 3.09. The predicted octanol–water partition coefficient (Wildman–Crippen LogP) is 4.72. The molecule has 0 spiro atoms. The average molecular weight is 364 g/mol. The maximum Gasteiger partial charge on any atom is 0.219 e. The summed E-state index contributed by atoms with van der Waals surface area (Å²) < 4.78 is 0. The third-order valence-electron chi connectivity index (χ3n) is 5.56. The van der Waals surface area contributed by atoms with E-state index in [0.717, 1.165) is 37.7 Å². The number of amides is 1. The first-order valence-corrected chi connectivity index (χ1v) is 9.72. The Morgan fingerprint density at radius 2 is 1.84 bits per heavy atom. The predicted molar refractivity (Wildman–Crippen MR) is 104 cm³/mol. The highest BCUT2D eigenvalue weighted by molar-refractivity contribution is 6.30. The highest BCUT2D eigenvalue weighted by atomic mass is 35.5. The van der Waals surface area contributed by atoms with Gasteiger partial charge in [-0.1, -0.05) is 55.7 Å². The van der Waals surface area contributed by atoms with Crippen molar-refractivity contribution >= 4 is 17.5 Å². The fourth-order valence-corrected chi connectivity index (χ4v) is 4.24. The Balaban J connectivity index is 2.24. The van der Waals surface area contributed by atoms with E-state index in [2.05, 4.69) is 6.92 Å². The Morgan fingerprint density at radius 1 is 1.24 bits per heavy atom. The van der Waals surface area contributed by atoms with Crippen molar-refractivity contribution in [2.24, 2.45) is 0 Å². The molecule has 4 heteroatoms. The van der Waals surface area contributed by atoms with Crippen LogP contribution in [0, 0.1) is 0 Å². The number of carbonyl (C=O) groups excluding carboxylic acids is 1. The fourth-order valence-electron chi connectivity index (χ4n) is 4.11. The lowest BCUT2D eigenvalue weighted by Crippen LogP contribution is -2.39. The monoisotopic (exact) mass is 363 g/mol. The van der Waals surface area contributed by atoms with E-state index in [-0.39, 0.29) is 17.4 Å². The molecule has 1 saturated carbocycles. The quantitative estimate of drug-likeness (QED) is 0.712. The van der Waals surface area contributed by atoms with E-state index in [1.54, 1.807) is 6.92 Å². The van der Waals surface area contributed by atoms with Gasteiger partial charge in [0.15, 0.2) is 0 Å². The van der Waals surface area contributed by atoms with Gasteiger partial charge in [0, 0.05) is 29.9 Å². The molecular weight excluding hydrogens is 334 g/mol. The molecule has 25 heavy (non-hydrogen) atoms. The smallest absolute Gasteiger partial charge is 0.219 e. The Bertz CT molecular complexity index is 590. The van der Waals surface area contributed by atoms with Crippen molar-refractivity contribution in [2.75, 3.05) is 6.54 Å². The zero-order valence-corrected chi connectivity index (χ0v) is 16.3. The summed E-state index contributed by atoms with van der Waals surface area (Å²) in [6.07, 6.45) is 8.38. The first kappa shape index (κ1) is 20.0. The molecule has 0 heterocycles. The van der Waals surface area contributed by atoms with Crippen molar-refractivity contribution in [1.82, 2.24) is 4.90 Å². The van der Waals surface area contributed by atoms with Crippen molar-refractivity contribution < 1.29 is 9.90 Å². The van der Waals surface area contributed by atoms with Crippen LogP contribution in [0.15, 0.2) is 36.4 Å². The number of benzene rings is 1. The number of hydrogen-bond donors (Lipinski definition) is 1. The first-order chi connectivity index (χ1) is 11.9. The third kappa shape index (κ3) is 4.45. The van der Waals surface area contributed by atoms with Crippen LogP contribution in [0.5, 0.6) is 0 Å². The molecule has 2 atom stereocenters. The molecule has 0 aromatic heterocycles. The fraction of sp³-hybridized carbons (Fsp3) is 0.571. The van der Waals surface area contributed by atoms with Crippen LogP contribution in [0.2, 0.25) is 5.02 Å². The number of rotatable bonds is 7. The summed E-state index contributed by atoms with van der Waals surface area (Å²) in [5.41, 5.74) is 0.908. The Morgan fingerprint density at radius 3 is 2.32 bits per heavy atom. The summed E-state index contributed by atoms with van der Waals surface area (Å²) in [5, 5.41) is 11.8. The van der Waals surface area contributed by atoms with Gasteiger partial charge in [-0.2, -0.15) is 0 Å². The molecule has 1 fully saturated rings. The topological polar surface area (TPSA) is 40.5 Å². The van der Waals surface area contributed by atoms with Gasteiger partial charge in [-0.15, -0.1) is 0 Å². The van der Waals surface area contributed by atoms with Crippen LogP contribution in [-0.2, 0) is 10.2 Å². The maximum absolute atomic E-state index is 11.8. The zero-order valence-electron chi connectivity index (χ0n) is 15.5. The third-order valence-corrected chi connectivity index (χ3v) is 5.81. The molecule has 3 nitrogen and oxygen atoms in total. The van der Waals surface area contributed by atoms with Crippen LogP contribution in [-0.4, -0.2) is 34.6 Å². The van der Waals surface area contributed by atoms with Crippen molar-refractivity contribution in [2.45, 2.75) is 70.4 Å². The van der Waals surface area contributed by atoms with Crippen LogP contribution in [0.4, 0.5) is 0 Å². The lowest BCUT2D eigenvalue weighted by molar-refractivity contribution is -0.130. The largest absolute Gasteiger partial charge is 0.388 e. The van der Waals surface area contributed by atoms with Crippen molar-refractivity contribution in [3.63, 3.8) is 0 Å². The second-order valence-corrected chi connectivity index (χ2v) is 7.42. The number of likely N-dealkylation sites (N-methyl/N-ethyl adjacent to an activating group) is 1. The van der Waals surface area contributed by atoms with Crippen molar-refractivity contribution in [3.05, 3.63) is 47.0 Å². The van der Waals surface area contributed by atoms with Crippen LogP contribution >= 0.6 is 11.6 Å². The summed E-state index contributed by atoms with van der Waals surface area (Å²) in [4.78, 5) is 13.6. The van der Waals surface area contributed by atoms with E-state index in [4.69, 9.17) is 11.6 Å². The van der Waals surface area contributed by atoms with Crippen LogP contribution < -0.4 is 0 Å². The molecule has 0 bridgehead atoms. The number of aliphatic hydroxyl groups is 1. The summed E-state index contributed by atoms with van der Waals surface area (Å²) in [6, 6.07) is 7.90. The van der Waals surface area contributed by atoms with Crippen molar-refractivity contribution in [3.8, 4) is 0 Å². The number of aliphatic hydroxyl groups excluding tert-OH is 1. The lowest BCUT2D eigenvalue weighted by atomic mass is 9.74. The van der Waals surface area contributed by atoms with Gasteiger partial charge >= 0.3 is 0 Å². The summed E-state index contributed by atoms with van der Waals surface area (Å²) in [5.74, 6) is 0.0711. The number of hydrogen-bond acceptors (Lipinski definition) is 2. The zero-order chi connectivity index (χ0) is 18.4.